The number of hydrogen-bond acceptors (Lipinski definition) is 5. The second-order valence-corrected chi connectivity index (χ2v) is 9.01. The van der Waals surface area contributed by atoms with E-state index in [9.17, 15) is 14.0 Å². The minimum absolute atomic E-state index is 0.0960. The Morgan fingerprint density at radius 2 is 1.85 bits per heavy atom. The first-order valence-electron chi connectivity index (χ1n) is 11.8. The minimum Gasteiger partial charge on any atom is -0.497 e. The van der Waals surface area contributed by atoms with Crippen LogP contribution in [-0.2, 0) is 4.79 Å². The molecule has 0 N–H and O–H groups in total. The van der Waals surface area contributed by atoms with E-state index in [1.807, 2.05) is 18.2 Å². The van der Waals surface area contributed by atoms with Gasteiger partial charge in [-0.3, -0.25) is 9.69 Å². The summed E-state index contributed by atoms with van der Waals surface area (Å²) in [6.45, 7) is 5.18. The van der Waals surface area contributed by atoms with Crippen molar-refractivity contribution in [2.45, 2.75) is 45.1 Å². The summed E-state index contributed by atoms with van der Waals surface area (Å²) in [6, 6.07) is 10.6. The number of hydrogen-bond donors (Lipinski definition) is 0. The fraction of sp³-hybridized carbons (Fsp3) is 0.462. The lowest BCUT2D eigenvalue weighted by molar-refractivity contribution is -0.116. The Morgan fingerprint density at radius 3 is 2.50 bits per heavy atom. The number of ether oxygens (including phenoxy) is 2. The van der Waals surface area contributed by atoms with Gasteiger partial charge in [0.2, 0.25) is 5.91 Å². The fourth-order valence-electron chi connectivity index (χ4n) is 4.52. The molecule has 1 aliphatic heterocycles. The van der Waals surface area contributed by atoms with Crippen molar-refractivity contribution in [3.8, 4) is 11.5 Å². The maximum Gasteiger partial charge on any atom is 0.419 e. The van der Waals surface area contributed by atoms with Crippen LogP contribution in [0.1, 0.15) is 44.6 Å². The Kier molecular flexibility index (Phi) is 7.07. The second-order valence-electron chi connectivity index (χ2n) is 9.01. The lowest BCUT2D eigenvalue weighted by atomic mass is 9.94. The third kappa shape index (κ3) is 5.01. The Bertz CT molecular complexity index is 1070. The Labute approximate surface area is 200 Å². The molecule has 8 heteroatoms. The molecule has 2 amide bonds. The SMILES string of the molecule is CCC(CN(C)C1CC1)c1ccc2c(c1)N(C(=O)Oc1cc(OC)ccc1F)CCN2C(C)=O. The van der Waals surface area contributed by atoms with Crippen LogP contribution >= 0.6 is 0 Å². The van der Waals surface area contributed by atoms with Gasteiger partial charge in [-0.1, -0.05) is 13.0 Å². The molecule has 1 unspecified atom stereocenters. The lowest BCUT2D eigenvalue weighted by Gasteiger charge is -2.36. The van der Waals surface area contributed by atoms with E-state index in [2.05, 4.69) is 18.9 Å². The van der Waals surface area contributed by atoms with Gasteiger partial charge in [-0.05, 0) is 62.1 Å². The molecule has 1 saturated carbocycles. The Hall–Kier alpha value is -3.13. The summed E-state index contributed by atoms with van der Waals surface area (Å²) >= 11 is 0. The van der Waals surface area contributed by atoms with E-state index in [-0.39, 0.29) is 24.1 Å². The zero-order valence-electron chi connectivity index (χ0n) is 20.2. The van der Waals surface area contributed by atoms with E-state index in [0.29, 0.717) is 29.7 Å². The fourth-order valence-corrected chi connectivity index (χ4v) is 4.52. The quantitative estimate of drug-likeness (QED) is 0.583. The minimum atomic E-state index is -0.697. The van der Waals surface area contributed by atoms with Crippen LogP contribution in [-0.4, -0.2) is 56.7 Å². The van der Waals surface area contributed by atoms with E-state index < -0.39 is 11.9 Å². The average Bonchev–Trinajstić information content (AvgIpc) is 3.68. The maximum atomic E-state index is 14.3. The highest BCUT2D eigenvalue weighted by Gasteiger charge is 2.32. The van der Waals surface area contributed by atoms with Crippen LogP contribution in [0.25, 0.3) is 0 Å². The number of likely N-dealkylation sites (N-methyl/N-ethyl adjacent to an activating group) is 1. The van der Waals surface area contributed by atoms with E-state index in [1.54, 1.807) is 4.90 Å². The molecule has 2 aromatic carbocycles. The monoisotopic (exact) mass is 469 g/mol. The van der Waals surface area contributed by atoms with Crippen molar-refractivity contribution in [3.05, 3.63) is 47.8 Å². The number of nitrogens with zero attached hydrogens (tertiary/aromatic N) is 3. The summed E-state index contributed by atoms with van der Waals surface area (Å²) < 4.78 is 24.8. The summed E-state index contributed by atoms with van der Waals surface area (Å²) in [5.41, 5.74) is 2.35. The molecule has 0 radical (unpaired) electrons. The summed E-state index contributed by atoms with van der Waals surface area (Å²) in [6.07, 6.45) is 2.74. The molecule has 7 nitrogen and oxygen atoms in total. The summed E-state index contributed by atoms with van der Waals surface area (Å²) in [7, 11) is 3.62. The number of anilines is 2. The van der Waals surface area contributed by atoms with Crippen molar-refractivity contribution in [2.75, 3.05) is 43.6 Å². The van der Waals surface area contributed by atoms with Gasteiger partial charge in [0.05, 0.1) is 18.5 Å². The lowest BCUT2D eigenvalue weighted by Crippen LogP contribution is -2.47. The molecule has 2 aliphatic rings. The first-order chi connectivity index (χ1) is 16.3. The molecule has 1 fully saturated rings. The van der Waals surface area contributed by atoms with Gasteiger partial charge in [0.15, 0.2) is 11.6 Å². The van der Waals surface area contributed by atoms with Gasteiger partial charge in [0.1, 0.15) is 5.75 Å². The van der Waals surface area contributed by atoms with Crippen molar-refractivity contribution in [2.24, 2.45) is 0 Å². The molecule has 0 saturated heterocycles. The topological polar surface area (TPSA) is 62.3 Å². The highest BCUT2D eigenvalue weighted by molar-refractivity contribution is 6.02. The normalized spacial score (nSPS) is 16.3. The molecular formula is C26H32FN3O4. The summed E-state index contributed by atoms with van der Waals surface area (Å²) in [4.78, 5) is 31.0. The molecule has 1 aliphatic carbocycles. The molecule has 1 atom stereocenters. The summed E-state index contributed by atoms with van der Waals surface area (Å²) in [5, 5.41) is 0. The van der Waals surface area contributed by atoms with E-state index >= 15 is 0 Å². The standard InChI is InChI=1S/C26H32FN3O4/c1-5-18(16-28(3)20-7-8-20)19-6-11-23-24(14-19)30(13-12-29(23)17(2)31)26(32)34-25-15-21(33-4)9-10-22(25)27/h6,9-11,14-15,18,20H,5,7-8,12-13,16H2,1-4H3. The predicted octanol–water partition coefficient (Wildman–Crippen LogP) is 4.79. The van der Waals surface area contributed by atoms with Gasteiger partial charge < -0.3 is 19.3 Å². The van der Waals surface area contributed by atoms with Gasteiger partial charge in [-0.2, -0.15) is 0 Å². The smallest absolute Gasteiger partial charge is 0.419 e. The van der Waals surface area contributed by atoms with E-state index in [0.717, 1.165) is 18.5 Å². The maximum absolute atomic E-state index is 14.3. The zero-order chi connectivity index (χ0) is 24.4. The van der Waals surface area contributed by atoms with Gasteiger partial charge in [0.25, 0.3) is 0 Å². The number of halogens is 1. The van der Waals surface area contributed by atoms with E-state index in [4.69, 9.17) is 9.47 Å². The van der Waals surface area contributed by atoms with Gasteiger partial charge in [-0.15, -0.1) is 0 Å². The van der Waals surface area contributed by atoms with Crippen LogP contribution < -0.4 is 19.3 Å². The first kappa shape index (κ1) is 24.0. The van der Waals surface area contributed by atoms with Crippen LogP contribution in [0, 0.1) is 5.82 Å². The molecule has 2 aromatic rings. The molecule has 34 heavy (non-hydrogen) atoms. The predicted molar refractivity (Wildman–Crippen MR) is 129 cm³/mol. The molecule has 0 bridgehead atoms. The van der Waals surface area contributed by atoms with Gasteiger partial charge >= 0.3 is 6.09 Å². The first-order valence-corrected chi connectivity index (χ1v) is 11.8. The third-order valence-electron chi connectivity index (χ3n) is 6.71. The summed E-state index contributed by atoms with van der Waals surface area (Å²) in [5.74, 6) is -0.272. The Balaban J connectivity index is 1.64. The van der Waals surface area contributed by atoms with Crippen LogP contribution in [0.15, 0.2) is 36.4 Å². The molecule has 4 rings (SSSR count). The van der Waals surface area contributed by atoms with Crippen LogP contribution in [0.4, 0.5) is 20.6 Å². The van der Waals surface area contributed by atoms with Crippen molar-refractivity contribution in [1.29, 1.82) is 0 Å². The number of carbonyl (C=O) groups excluding carboxylic acids is 2. The number of amides is 2. The number of rotatable bonds is 7. The number of benzene rings is 2. The molecule has 1 heterocycles. The van der Waals surface area contributed by atoms with Crippen molar-refractivity contribution in [3.63, 3.8) is 0 Å². The second kappa shape index (κ2) is 10.0. The van der Waals surface area contributed by atoms with Crippen molar-refractivity contribution in [1.82, 2.24) is 4.90 Å². The molecule has 0 aromatic heterocycles. The highest BCUT2D eigenvalue weighted by Crippen LogP contribution is 2.38. The Morgan fingerprint density at radius 1 is 1.12 bits per heavy atom. The average molecular weight is 470 g/mol. The third-order valence-corrected chi connectivity index (χ3v) is 6.71. The van der Waals surface area contributed by atoms with Crippen LogP contribution in [0.2, 0.25) is 0 Å². The van der Waals surface area contributed by atoms with Gasteiger partial charge in [0, 0.05) is 38.7 Å². The number of carbonyl (C=O) groups is 2. The largest absolute Gasteiger partial charge is 0.497 e. The van der Waals surface area contributed by atoms with Gasteiger partial charge in [-0.25, -0.2) is 9.18 Å². The number of fused-ring (bicyclic) bond motifs is 1. The van der Waals surface area contributed by atoms with E-state index in [1.165, 1.54) is 50.0 Å². The number of methoxy groups -OCH3 is 1. The molecule has 0 spiro atoms. The highest BCUT2D eigenvalue weighted by atomic mass is 19.1. The molecule has 182 valence electrons. The molecular weight excluding hydrogens is 437 g/mol. The van der Waals surface area contributed by atoms with Crippen molar-refractivity contribution >= 4 is 23.4 Å². The van der Waals surface area contributed by atoms with Crippen molar-refractivity contribution < 1.29 is 23.5 Å². The van der Waals surface area contributed by atoms with Crippen LogP contribution in [0.5, 0.6) is 11.5 Å². The zero-order valence-corrected chi connectivity index (χ0v) is 20.2. The van der Waals surface area contributed by atoms with Crippen LogP contribution in [0.3, 0.4) is 0 Å².